The molecule has 13 heteroatoms. The molecule has 0 radical (unpaired) electrons. The first-order valence-electron chi connectivity index (χ1n) is 23.1. The van der Waals surface area contributed by atoms with E-state index in [4.69, 9.17) is 19.4 Å². The number of aromatic nitrogens is 4. The molecule has 9 rings (SSSR count). The fourth-order valence-corrected chi connectivity index (χ4v) is 10.2. The summed E-state index contributed by atoms with van der Waals surface area (Å²) >= 11 is 0. The number of benzene rings is 2. The maximum atomic E-state index is 14.4. The van der Waals surface area contributed by atoms with E-state index in [1.165, 1.54) is 25.5 Å². The molecule has 332 valence electrons. The molecule has 2 fully saturated rings. The van der Waals surface area contributed by atoms with Crippen LogP contribution in [0.5, 0.6) is 5.75 Å². The van der Waals surface area contributed by atoms with Gasteiger partial charge in [0.2, 0.25) is 11.8 Å². The normalized spacial score (nSPS) is 22.9. The smallest absolute Gasteiger partial charge is 0.407 e. The van der Waals surface area contributed by atoms with Crippen LogP contribution in [0.2, 0.25) is 0 Å². The summed E-state index contributed by atoms with van der Waals surface area (Å²) in [5, 5.41) is 8.38. The van der Waals surface area contributed by atoms with Gasteiger partial charge in [-0.15, -0.1) is 0 Å². The lowest BCUT2D eigenvalue weighted by atomic mass is 9.76. The molecule has 3 amide bonds. The SMILES string of the molecule is C=C1CCN(C(=O)C(NCC2CC2)C2C=CCCC2)C1c1ncc(C2CC=C3c4cc5ccc6[nH]c(C(=C)N(CCC)C(=O)C(NC(=O)OC)C(C)C)nc6c5cc4OCC3C2)[nH]1. The van der Waals surface area contributed by atoms with Gasteiger partial charge in [0.25, 0.3) is 0 Å². The molecule has 6 atom stereocenters. The number of carbonyl (C=O) groups is 3. The number of hydrogen-bond acceptors (Lipinski definition) is 8. The predicted molar refractivity (Wildman–Crippen MR) is 246 cm³/mol. The van der Waals surface area contributed by atoms with E-state index in [-0.39, 0.29) is 47.6 Å². The van der Waals surface area contributed by atoms with Crippen LogP contribution in [0.3, 0.4) is 0 Å². The van der Waals surface area contributed by atoms with Crippen molar-refractivity contribution in [3.05, 3.63) is 90.3 Å². The summed E-state index contributed by atoms with van der Waals surface area (Å²) in [5.74, 6) is 3.21. The zero-order chi connectivity index (χ0) is 43.9. The Morgan fingerprint density at radius 2 is 1.97 bits per heavy atom. The first-order valence-corrected chi connectivity index (χ1v) is 23.1. The lowest BCUT2D eigenvalue weighted by Crippen LogP contribution is -2.50. The Morgan fingerprint density at radius 3 is 2.71 bits per heavy atom. The minimum atomic E-state index is -0.791. The van der Waals surface area contributed by atoms with Crippen LogP contribution >= 0.6 is 0 Å². The fraction of sp³-hybridized carbons (Fsp3) is 0.500. The molecule has 13 nitrogen and oxygen atoms in total. The molecule has 3 aliphatic carbocycles. The first kappa shape index (κ1) is 42.6. The summed E-state index contributed by atoms with van der Waals surface area (Å²) in [7, 11) is 1.28. The number of aromatic amines is 2. The van der Waals surface area contributed by atoms with Crippen LogP contribution in [0.15, 0.2) is 67.4 Å². The van der Waals surface area contributed by atoms with Gasteiger partial charge < -0.3 is 39.9 Å². The van der Waals surface area contributed by atoms with E-state index < -0.39 is 12.1 Å². The molecule has 2 aromatic carbocycles. The predicted octanol–water partition coefficient (Wildman–Crippen LogP) is 8.55. The van der Waals surface area contributed by atoms with Crippen LogP contribution in [0.4, 0.5) is 4.79 Å². The number of alkyl carbamates (subject to hydrolysis) is 1. The molecule has 5 aliphatic rings. The molecule has 1 saturated carbocycles. The van der Waals surface area contributed by atoms with Gasteiger partial charge in [-0.25, -0.2) is 14.8 Å². The number of rotatable bonds is 14. The minimum Gasteiger partial charge on any atom is -0.492 e. The average molecular weight is 855 g/mol. The number of methoxy groups -OCH3 is 1. The van der Waals surface area contributed by atoms with Gasteiger partial charge in [0.1, 0.15) is 23.7 Å². The van der Waals surface area contributed by atoms with Crippen molar-refractivity contribution in [2.24, 2.45) is 23.7 Å². The van der Waals surface area contributed by atoms with Crippen molar-refractivity contribution in [1.82, 2.24) is 40.4 Å². The lowest BCUT2D eigenvalue weighted by Gasteiger charge is -2.34. The quantitative estimate of drug-likeness (QED) is 0.0920. The number of ether oxygens (including phenoxy) is 2. The Morgan fingerprint density at radius 1 is 1.13 bits per heavy atom. The first-order chi connectivity index (χ1) is 30.5. The van der Waals surface area contributed by atoms with Crippen molar-refractivity contribution in [1.29, 1.82) is 0 Å². The summed E-state index contributed by atoms with van der Waals surface area (Å²) in [4.78, 5) is 61.0. The van der Waals surface area contributed by atoms with Crippen molar-refractivity contribution in [2.45, 2.75) is 103 Å². The van der Waals surface area contributed by atoms with Crippen LogP contribution in [0, 0.1) is 23.7 Å². The van der Waals surface area contributed by atoms with Crippen LogP contribution < -0.4 is 15.4 Å². The maximum Gasteiger partial charge on any atom is 0.407 e. The number of carbonyl (C=O) groups excluding carboxylic acids is 3. The number of allylic oxidation sites excluding steroid dienone is 2. The number of H-pyrrole nitrogens is 2. The highest BCUT2D eigenvalue weighted by Gasteiger charge is 2.41. The van der Waals surface area contributed by atoms with Crippen molar-refractivity contribution in [3.63, 3.8) is 0 Å². The number of fused-ring (bicyclic) bond motifs is 6. The molecule has 4 N–H and O–H groups in total. The van der Waals surface area contributed by atoms with Gasteiger partial charge >= 0.3 is 6.09 Å². The number of nitrogens with one attached hydrogen (secondary N) is 4. The summed E-state index contributed by atoms with van der Waals surface area (Å²) in [6.07, 6.45) is 17.2. The lowest BCUT2D eigenvalue weighted by molar-refractivity contribution is -0.135. The molecule has 2 aliphatic heterocycles. The van der Waals surface area contributed by atoms with Crippen molar-refractivity contribution >= 4 is 51.0 Å². The van der Waals surface area contributed by atoms with E-state index in [0.29, 0.717) is 43.6 Å². The zero-order valence-electron chi connectivity index (χ0n) is 37.2. The van der Waals surface area contributed by atoms with Crippen LogP contribution in [0.25, 0.3) is 33.1 Å². The third-order valence-electron chi connectivity index (χ3n) is 13.9. The zero-order valence-corrected chi connectivity index (χ0v) is 37.2. The van der Waals surface area contributed by atoms with Gasteiger partial charge in [-0.2, -0.15) is 0 Å². The summed E-state index contributed by atoms with van der Waals surface area (Å²) in [6, 6.07) is 7.15. The topological polar surface area (TPSA) is 158 Å². The van der Waals surface area contributed by atoms with Crippen LogP contribution in [0.1, 0.15) is 113 Å². The van der Waals surface area contributed by atoms with E-state index in [1.54, 1.807) is 4.90 Å². The highest BCUT2D eigenvalue weighted by Crippen LogP contribution is 2.47. The minimum absolute atomic E-state index is 0.167. The van der Waals surface area contributed by atoms with Gasteiger partial charge in [-0.3, -0.25) is 9.59 Å². The molecule has 1 saturated heterocycles. The van der Waals surface area contributed by atoms with Crippen molar-refractivity contribution in [2.75, 3.05) is 33.4 Å². The Balaban J connectivity index is 0.924. The molecular formula is C50H62N8O5. The van der Waals surface area contributed by atoms with E-state index in [0.717, 1.165) is 95.3 Å². The molecule has 0 spiro atoms. The monoisotopic (exact) mass is 854 g/mol. The van der Waals surface area contributed by atoms with Gasteiger partial charge in [-0.1, -0.05) is 58.2 Å². The standard InChI is InChI=1S/C50H62N8O5/c1-7-20-57(48(59)42(28(2)3)56-50(61)62-6)30(5)46-53-39-18-16-33-23-38-36-17-15-34(22-35(36)27-63-41(38)24-37(33)44(39)55-46)40-26-52-47(54-40)45-29(4)19-21-58(45)49(60)43(51-25-31-13-14-31)32-11-9-8-10-12-32/h9,11,16-18,23-24,26,28,31-32,34-35,42-43,45,51H,4-5,7-8,10,12-15,19-22,25,27H2,1-3,6H3,(H,52,54)(H,53,55)(H,56,61). The second kappa shape index (κ2) is 17.8. The summed E-state index contributed by atoms with van der Waals surface area (Å²) in [5.41, 5.74) is 6.56. The van der Waals surface area contributed by atoms with Gasteiger partial charge in [0.05, 0.1) is 36.5 Å². The van der Waals surface area contributed by atoms with E-state index in [1.807, 2.05) is 37.9 Å². The van der Waals surface area contributed by atoms with E-state index in [9.17, 15) is 14.4 Å². The summed E-state index contributed by atoms with van der Waals surface area (Å²) < 4.78 is 11.3. The molecule has 2 aromatic heterocycles. The Labute approximate surface area is 369 Å². The average Bonchev–Trinajstić information content (AvgIpc) is 3.62. The fourth-order valence-electron chi connectivity index (χ4n) is 10.2. The molecule has 4 aromatic rings. The second-order valence-corrected chi connectivity index (χ2v) is 18.7. The Kier molecular flexibility index (Phi) is 12.1. The number of likely N-dealkylation sites (tertiary alicyclic amines) is 1. The Bertz CT molecular complexity index is 2490. The third kappa shape index (κ3) is 8.44. The molecular weight excluding hydrogens is 793 g/mol. The number of amides is 3. The van der Waals surface area contributed by atoms with E-state index >= 15 is 0 Å². The highest BCUT2D eigenvalue weighted by molar-refractivity contribution is 6.07. The number of imidazole rings is 2. The van der Waals surface area contributed by atoms with Crippen LogP contribution in [-0.2, 0) is 14.3 Å². The van der Waals surface area contributed by atoms with Crippen molar-refractivity contribution in [3.8, 4) is 5.75 Å². The maximum absolute atomic E-state index is 14.4. The Hall–Kier alpha value is -5.69. The molecule has 6 unspecified atom stereocenters. The van der Waals surface area contributed by atoms with Gasteiger partial charge in [0, 0.05) is 53.7 Å². The largest absolute Gasteiger partial charge is 0.492 e. The van der Waals surface area contributed by atoms with Crippen LogP contribution in [-0.4, -0.2) is 93.1 Å². The highest BCUT2D eigenvalue weighted by atomic mass is 16.5. The molecule has 0 bridgehead atoms. The second-order valence-electron chi connectivity index (χ2n) is 18.7. The molecule has 4 heterocycles. The molecule has 63 heavy (non-hydrogen) atoms. The van der Waals surface area contributed by atoms with Crippen molar-refractivity contribution < 1.29 is 23.9 Å². The van der Waals surface area contributed by atoms with E-state index in [2.05, 4.69) is 70.2 Å². The number of hydrogen-bond donors (Lipinski definition) is 4. The number of nitrogens with zero attached hydrogens (tertiary/aromatic N) is 4. The third-order valence-corrected chi connectivity index (χ3v) is 13.9. The van der Waals surface area contributed by atoms with Gasteiger partial charge in [-0.05, 0) is 111 Å². The summed E-state index contributed by atoms with van der Waals surface area (Å²) in [6.45, 7) is 17.0. The van der Waals surface area contributed by atoms with Gasteiger partial charge in [0.15, 0.2) is 5.82 Å².